The van der Waals surface area contributed by atoms with Crippen molar-refractivity contribution in [2.24, 2.45) is 7.05 Å². The van der Waals surface area contributed by atoms with E-state index in [0.717, 1.165) is 22.8 Å². The van der Waals surface area contributed by atoms with E-state index in [-0.39, 0.29) is 5.82 Å². The zero-order valence-corrected chi connectivity index (χ0v) is 12.8. The Morgan fingerprint density at radius 3 is 2.68 bits per heavy atom. The van der Waals surface area contributed by atoms with Crippen molar-refractivity contribution in [3.8, 4) is 11.3 Å². The monoisotopic (exact) mass is 315 g/mol. The van der Waals surface area contributed by atoms with Crippen molar-refractivity contribution in [1.82, 2.24) is 9.55 Å². The van der Waals surface area contributed by atoms with E-state index in [1.54, 1.807) is 18.3 Å². The highest BCUT2D eigenvalue weighted by molar-refractivity contribution is 6.30. The van der Waals surface area contributed by atoms with E-state index in [1.807, 2.05) is 35.9 Å². The largest absolute Gasteiger partial charge is 0.352 e. The fraction of sp³-hybridized carbons (Fsp3) is 0.118. The van der Waals surface area contributed by atoms with Gasteiger partial charge in [0.15, 0.2) is 0 Å². The lowest BCUT2D eigenvalue weighted by molar-refractivity contribution is 0.628. The predicted octanol–water partition coefficient (Wildman–Crippen LogP) is 4.49. The van der Waals surface area contributed by atoms with Gasteiger partial charge in [-0.3, -0.25) is 0 Å². The second kappa shape index (κ2) is 6.20. The van der Waals surface area contributed by atoms with E-state index < -0.39 is 0 Å². The molecule has 5 heteroatoms. The maximum absolute atomic E-state index is 13.0. The van der Waals surface area contributed by atoms with Gasteiger partial charge in [-0.15, -0.1) is 0 Å². The Bertz CT molecular complexity index is 781. The third kappa shape index (κ3) is 3.12. The normalized spacial score (nSPS) is 10.7. The maximum atomic E-state index is 13.0. The van der Waals surface area contributed by atoms with Gasteiger partial charge >= 0.3 is 0 Å². The number of aromatic nitrogens is 2. The summed E-state index contributed by atoms with van der Waals surface area (Å²) in [6.07, 6.45) is 1.77. The molecule has 0 saturated carbocycles. The Hall–Kier alpha value is -2.33. The summed E-state index contributed by atoms with van der Waals surface area (Å²) in [6, 6.07) is 14.1. The Labute approximate surface area is 133 Å². The number of rotatable bonds is 4. The third-order valence-electron chi connectivity index (χ3n) is 3.47. The van der Waals surface area contributed by atoms with Crippen molar-refractivity contribution in [2.45, 2.75) is 6.54 Å². The number of imidazole rings is 1. The summed E-state index contributed by atoms with van der Waals surface area (Å²) in [6.45, 7) is 0.633. The number of hydrogen-bond donors (Lipinski definition) is 1. The fourth-order valence-corrected chi connectivity index (χ4v) is 2.50. The molecule has 0 fully saturated rings. The summed E-state index contributed by atoms with van der Waals surface area (Å²) in [7, 11) is 1.92. The van der Waals surface area contributed by atoms with Gasteiger partial charge in [0.1, 0.15) is 5.82 Å². The molecule has 0 saturated heterocycles. The number of hydrogen-bond acceptors (Lipinski definition) is 2. The van der Waals surface area contributed by atoms with Crippen LogP contribution in [0.5, 0.6) is 0 Å². The molecule has 1 N–H and O–H groups in total. The van der Waals surface area contributed by atoms with Gasteiger partial charge in [-0.25, -0.2) is 9.37 Å². The van der Waals surface area contributed by atoms with Crippen molar-refractivity contribution >= 4 is 17.5 Å². The molecule has 112 valence electrons. The quantitative estimate of drug-likeness (QED) is 0.768. The maximum Gasteiger partial charge on any atom is 0.203 e. The first kappa shape index (κ1) is 14.6. The van der Waals surface area contributed by atoms with E-state index in [0.29, 0.717) is 11.6 Å². The van der Waals surface area contributed by atoms with Gasteiger partial charge in [0, 0.05) is 24.2 Å². The molecule has 0 aliphatic carbocycles. The highest BCUT2D eigenvalue weighted by Gasteiger charge is 2.08. The number of nitrogens with zero attached hydrogens (tertiary/aromatic N) is 2. The number of nitrogens with one attached hydrogen (secondary N) is 1. The molecule has 0 bridgehead atoms. The van der Waals surface area contributed by atoms with Crippen LogP contribution in [0.15, 0.2) is 54.7 Å². The third-order valence-corrected chi connectivity index (χ3v) is 3.70. The number of halogens is 2. The molecule has 1 aromatic heterocycles. The van der Waals surface area contributed by atoms with Crippen molar-refractivity contribution in [3.63, 3.8) is 0 Å². The molecule has 0 aliphatic heterocycles. The van der Waals surface area contributed by atoms with Gasteiger partial charge in [0.05, 0.1) is 11.9 Å². The Morgan fingerprint density at radius 2 is 1.95 bits per heavy atom. The van der Waals surface area contributed by atoms with Gasteiger partial charge in [0.2, 0.25) is 5.95 Å². The first-order valence-corrected chi connectivity index (χ1v) is 7.27. The standard InChI is InChI=1S/C17H15ClFN3/c1-22-16(13-5-7-15(19)8-6-13)11-21-17(22)20-10-12-3-2-4-14(18)9-12/h2-9,11H,10H2,1H3,(H,20,21). The summed E-state index contributed by atoms with van der Waals surface area (Å²) in [4.78, 5) is 4.38. The topological polar surface area (TPSA) is 29.9 Å². The molecule has 0 atom stereocenters. The van der Waals surface area contributed by atoms with Crippen molar-refractivity contribution in [3.05, 3.63) is 71.1 Å². The molecule has 1 heterocycles. The molecule has 3 nitrogen and oxygen atoms in total. The highest BCUT2D eigenvalue weighted by atomic mass is 35.5. The molecule has 3 aromatic rings. The molecule has 0 unspecified atom stereocenters. The van der Waals surface area contributed by atoms with Crippen LogP contribution in [0.4, 0.5) is 10.3 Å². The molecule has 0 spiro atoms. The predicted molar refractivity (Wildman–Crippen MR) is 87.4 cm³/mol. The summed E-state index contributed by atoms with van der Waals surface area (Å²) in [5, 5.41) is 3.99. The van der Waals surface area contributed by atoms with Gasteiger partial charge in [-0.1, -0.05) is 23.7 Å². The van der Waals surface area contributed by atoms with Crippen LogP contribution in [-0.2, 0) is 13.6 Å². The summed E-state index contributed by atoms with van der Waals surface area (Å²) in [5.74, 6) is 0.504. The minimum absolute atomic E-state index is 0.245. The minimum atomic E-state index is -0.245. The average Bonchev–Trinajstić information content (AvgIpc) is 2.87. The van der Waals surface area contributed by atoms with Crippen LogP contribution in [0.25, 0.3) is 11.3 Å². The molecule has 22 heavy (non-hydrogen) atoms. The van der Waals surface area contributed by atoms with Crippen LogP contribution >= 0.6 is 11.6 Å². The van der Waals surface area contributed by atoms with Crippen LogP contribution in [-0.4, -0.2) is 9.55 Å². The molecule has 0 radical (unpaired) electrons. The first-order chi connectivity index (χ1) is 10.6. The molecular weight excluding hydrogens is 301 g/mol. The lowest BCUT2D eigenvalue weighted by atomic mass is 10.2. The molecule has 0 amide bonds. The first-order valence-electron chi connectivity index (χ1n) is 6.89. The fourth-order valence-electron chi connectivity index (χ4n) is 2.29. The molecule has 2 aromatic carbocycles. The van der Waals surface area contributed by atoms with Crippen LogP contribution in [0.3, 0.4) is 0 Å². The lowest BCUT2D eigenvalue weighted by Gasteiger charge is -2.09. The smallest absolute Gasteiger partial charge is 0.203 e. The van der Waals surface area contributed by atoms with Crippen LogP contribution in [0.2, 0.25) is 5.02 Å². The molecule has 0 aliphatic rings. The van der Waals surface area contributed by atoms with Crippen molar-refractivity contribution < 1.29 is 4.39 Å². The zero-order valence-electron chi connectivity index (χ0n) is 12.1. The molecule has 3 rings (SSSR count). The van der Waals surface area contributed by atoms with Crippen LogP contribution in [0.1, 0.15) is 5.56 Å². The lowest BCUT2D eigenvalue weighted by Crippen LogP contribution is -2.05. The summed E-state index contributed by atoms with van der Waals surface area (Å²) < 4.78 is 14.9. The Kier molecular flexibility index (Phi) is 4.11. The van der Waals surface area contributed by atoms with Gasteiger partial charge in [0.25, 0.3) is 0 Å². The van der Waals surface area contributed by atoms with E-state index in [9.17, 15) is 4.39 Å². The van der Waals surface area contributed by atoms with Gasteiger partial charge in [-0.05, 0) is 42.0 Å². The average molecular weight is 316 g/mol. The van der Waals surface area contributed by atoms with E-state index in [1.165, 1.54) is 12.1 Å². The van der Waals surface area contributed by atoms with Crippen molar-refractivity contribution in [1.29, 1.82) is 0 Å². The Balaban J connectivity index is 1.77. The zero-order chi connectivity index (χ0) is 15.5. The van der Waals surface area contributed by atoms with Gasteiger partial charge in [-0.2, -0.15) is 0 Å². The van der Waals surface area contributed by atoms with Gasteiger partial charge < -0.3 is 9.88 Å². The second-order valence-electron chi connectivity index (χ2n) is 5.02. The number of anilines is 1. The highest BCUT2D eigenvalue weighted by Crippen LogP contribution is 2.22. The summed E-state index contributed by atoms with van der Waals surface area (Å²) in [5.41, 5.74) is 2.93. The van der Waals surface area contributed by atoms with E-state index >= 15 is 0 Å². The minimum Gasteiger partial charge on any atom is -0.352 e. The second-order valence-corrected chi connectivity index (χ2v) is 5.45. The van der Waals surface area contributed by atoms with Crippen molar-refractivity contribution in [2.75, 3.05) is 5.32 Å². The van der Waals surface area contributed by atoms with Crippen LogP contribution in [0, 0.1) is 5.82 Å². The SMILES string of the molecule is Cn1c(-c2ccc(F)cc2)cnc1NCc1cccc(Cl)c1. The summed E-state index contributed by atoms with van der Waals surface area (Å²) >= 11 is 5.98. The van der Waals surface area contributed by atoms with E-state index in [2.05, 4.69) is 10.3 Å². The van der Waals surface area contributed by atoms with Crippen LogP contribution < -0.4 is 5.32 Å². The number of benzene rings is 2. The molecular formula is C17H15ClFN3. The Morgan fingerprint density at radius 1 is 1.18 bits per heavy atom. The van der Waals surface area contributed by atoms with E-state index in [4.69, 9.17) is 11.6 Å².